The van der Waals surface area contributed by atoms with E-state index in [0.717, 1.165) is 0 Å². The highest BCUT2D eigenvalue weighted by atomic mass is 35.5. The third kappa shape index (κ3) is 3.34. The lowest BCUT2D eigenvalue weighted by Crippen LogP contribution is -1.95. The van der Waals surface area contributed by atoms with E-state index in [1.807, 2.05) is 0 Å². The monoisotopic (exact) mass is 226 g/mol. The van der Waals surface area contributed by atoms with Gasteiger partial charge in [-0.2, -0.15) is 0 Å². The third-order valence-corrected chi connectivity index (χ3v) is 2.05. The molecular formula is C10H11ClN2O2. The molecule has 0 heterocycles. The van der Waals surface area contributed by atoms with Crippen LogP contribution in [0.4, 0.5) is 5.69 Å². The van der Waals surface area contributed by atoms with Gasteiger partial charge in [-0.3, -0.25) is 10.1 Å². The molecule has 0 radical (unpaired) electrons. The number of rotatable bonds is 4. The van der Waals surface area contributed by atoms with E-state index >= 15 is 0 Å². The minimum Gasteiger partial charge on any atom is -0.330 e. The SMILES string of the molecule is NCCC=Cc1cc(Cl)ccc1[N+](=O)[O-]. The molecule has 0 saturated carbocycles. The van der Waals surface area contributed by atoms with Crippen molar-refractivity contribution in [3.05, 3.63) is 45.0 Å². The van der Waals surface area contributed by atoms with E-state index in [4.69, 9.17) is 17.3 Å². The molecule has 1 aromatic carbocycles. The fraction of sp³-hybridized carbons (Fsp3) is 0.200. The molecule has 0 aliphatic heterocycles. The van der Waals surface area contributed by atoms with Gasteiger partial charge in [0.25, 0.3) is 5.69 Å². The third-order valence-electron chi connectivity index (χ3n) is 1.82. The van der Waals surface area contributed by atoms with Gasteiger partial charge in [-0.1, -0.05) is 23.8 Å². The topological polar surface area (TPSA) is 69.2 Å². The first-order valence-corrected chi connectivity index (χ1v) is 4.83. The van der Waals surface area contributed by atoms with Crippen LogP contribution in [0, 0.1) is 10.1 Å². The van der Waals surface area contributed by atoms with Crippen LogP contribution in [0.3, 0.4) is 0 Å². The molecule has 0 saturated heterocycles. The van der Waals surface area contributed by atoms with E-state index in [9.17, 15) is 10.1 Å². The van der Waals surface area contributed by atoms with Crippen molar-refractivity contribution in [2.24, 2.45) is 5.73 Å². The van der Waals surface area contributed by atoms with Gasteiger partial charge in [0.05, 0.1) is 10.5 Å². The summed E-state index contributed by atoms with van der Waals surface area (Å²) in [5.74, 6) is 0. The van der Waals surface area contributed by atoms with Crippen molar-refractivity contribution in [3.8, 4) is 0 Å². The standard InChI is InChI=1S/C10H11ClN2O2/c11-9-4-5-10(13(14)15)8(7-9)3-1-2-6-12/h1,3-5,7H,2,6,12H2. The van der Waals surface area contributed by atoms with Gasteiger partial charge in [-0.15, -0.1) is 0 Å². The molecule has 0 unspecified atom stereocenters. The van der Waals surface area contributed by atoms with Crippen LogP contribution in [0.25, 0.3) is 6.08 Å². The number of hydrogen-bond donors (Lipinski definition) is 1. The molecule has 0 aliphatic carbocycles. The average molecular weight is 227 g/mol. The highest BCUT2D eigenvalue weighted by Crippen LogP contribution is 2.23. The summed E-state index contributed by atoms with van der Waals surface area (Å²) in [4.78, 5) is 10.2. The molecule has 2 N–H and O–H groups in total. The van der Waals surface area contributed by atoms with Crippen molar-refractivity contribution in [1.29, 1.82) is 0 Å². The Morgan fingerprint density at radius 3 is 2.87 bits per heavy atom. The van der Waals surface area contributed by atoms with Gasteiger partial charge in [-0.25, -0.2) is 0 Å². The van der Waals surface area contributed by atoms with Gasteiger partial charge in [0, 0.05) is 11.1 Å². The fourth-order valence-electron chi connectivity index (χ4n) is 1.13. The van der Waals surface area contributed by atoms with Gasteiger partial charge in [0.2, 0.25) is 0 Å². The van der Waals surface area contributed by atoms with Crippen LogP contribution < -0.4 is 5.73 Å². The number of nitro benzene ring substituents is 1. The lowest BCUT2D eigenvalue weighted by molar-refractivity contribution is -0.385. The van der Waals surface area contributed by atoms with E-state index in [2.05, 4.69) is 0 Å². The zero-order chi connectivity index (χ0) is 11.3. The van der Waals surface area contributed by atoms with Crippen molar-refractivity contribution < 1.29 is 4.92 Å². The quantitative estimate of drug-likeness (QED) is 0.634. The van der Waals surface area contributed by atoms with E-state index in [1.54, 1.807) is 18.2 Å². The molecule has 1 rings (SSSR count). The second-order valence-corrected chi connectivity index (χ2v) is 3.38. The highest BCUT2D eigenvalue weighted by molar-refractivity contribution is 6.30. The van der Waals surface area contributed by atoms with Gasteiger partial charge >= 0.3 is 0 Å². The van der Waals surface area contributed by atoms with Crippen LogP contribution in [0.15, 0.2) is 24.3 Å². The summed E-state index contributed by atoms with van der Waals surface area (Å²) in [6.07, 6.45) is 4.14. The Bertz CT molecular complexity index is 391. The summed E-state index contributed by atoms with van der Waals surface area (Å²) in [6.45, 7) is 0.519. The molecule has 0 fully saturated rings. The molecular weight excluding hydrogens is 216 g/mol. The van der Waals surface area contributed by atoms with Crippen molar-refractivity contribution >= 4 is 23.4 Å². The lowest BCUT2D eigenvalue weighted by atomic mass is 10.1. The Morgan fingerprint density at radius 2 is 2.27 bits per heavy atom. The highest BCUT2D eigenvalue weighted by Gasteiger charge is 2.10. The second kappa shape index (κ2) is 5.48. The first-order valence-electron chi connectivity index (χ1n) is 4.45. The molecule has 0 spiro atoms. The number of nitrogens with two attached hydrogens (primary N) is 1. The largest absolute Gasteiger partial charge is 0.330 e. The maximum Gasteiger partial charge on any atom is 0.276 e. The number of nitrogens with zero attached hydrogens (tertiary/aromatic N) is 1. The summed E-state index contributed by atoms with van der Waals surface area (Å²) in [6, 6.07) is 4.46. The molecule has 4 nitrogen and oxygen atoms in total. The maximum atomic E-state index is 10.7. The molecule has 0 atom stereocenters. The summed E-state index contributed by atoms with van der Waals surface area (Å²) in [5.41, 5.74) is 5.86. The molecule has 0 aliphatic rings. The zero-order valence-electron chi connectivity index (χ0n) is 8.02. The van der Waals surface area contributed by atoms with Crippen LogP contribution in [0.5, 0.6) is 0 Å². The van der Waals surface area contributed by atoms with E-state index < -0.39 is 4.92 Å². The van der Waals surface area contributed by atoms with Crippen LogP contribution in [-0.2, 0) is 0 Å². The molecule has 15 heavy (non-hydrogen) atoms. The van der Waals surface area contributed by atoms with Gasteiger partial charge in [0.1, 0.15) is 0 Å². The van der Waals surface area contributed by atoms with Crippen LogP contribution >= 0.6 is 11.6 Å². The summed E-state index contributed by atoms with van der Waals surface area (Å²) < 4.78 is 0. The van der Waals surface area contributed by atoms with E-state index in [1.165, 1.54) is 12.1 Å². The molecule has 0 amide bonds. The molecule has 80 valence electrons. The summed E-state index contributed by atoms with van der Waals surface area (Å²) >= 11 is 5.75. The Kier molecular flexibility index (Phi) is 4.27. The first-order chi connectivity index (χ1) is 7.15. The number of nitro groups is 1. The fourth-order valence-corrected chi connectivity index (χ4v) is 1.31. The van der Waals surface area contributed by atoms with E-state index in [0.29, 0.717) is 23.6 Å². The van der Waals surface area contributed by atoms with Gasteiger partial charge in [-0.05, 0) is 25.1 Å². The normalized spacial score (nSPS) is 10.8. The second-order valence-electron chi connectivity index (χ2n) is 2.94. The van der Waals surface area contributed by atoms with Crippen molar-refractivity contribution in [2.75, 3.05) is 6.54 Å². The van der Waals surface area contributed by atoms with Crippen LogP contribution in [0.1, 0.15) is 12.0 Å². The summed E-state index contributed by atoms with van der Waals surface area (Å²) in [7, 11) is 0. The Hall–Kier alpha value is -1.39. The Balaban J connectivity index is 3.02. The number of halogens is 1. The van der Waals surface area contributed by atoms with Crippen LogP contribution in [0.2, 0.25) is 5.02 Å². The Labute approximate surface area is 92.5 Å². The van der Waals surface area contributed by atoms with Crippen molar-refractivity contribution in [3.63, 3.8) is 0 Å². The minimum absolute atomic E-state index is 0.0488. The zero-order valence-corrected chi connectivity index (χ0v) is 8.78. The minimum atomic E-state index is -0.432. The maximum absolute atomic E-state index is 10.7. The average Bonchev–Trinajstić information content (AvgIpc) is 2.18. The predicted molar refractivity (Wildman–Crippen MR) is 60.8 cm³/mol. The van der Waals surface area contributed by atoms with E-state index in [-0.39, 0.29) is 5.69 Å². The smallest absolute Gasteiger partial charge is 0.276 e. The number of benzene rings is 1. The molecule has 1 aromatic rings. The molecule has 0 bridgehead atoms. The summed E-state index contributed by atoms with van der Waals surface area (Å²) in [5, 5.41) is 11.1. The number of hydrogen-bond acceptors (Lipinski definition) is 3. The van der Waals surface area contributed by atoms with Gasteiger partial charge < -0.3 is 5.73 Å². The Morgan fingerprint density at radius 1 is 1.53 bits per heavy atom. The molecule has 0 aromatic heterocycles. The lowest BCUT2D eigenvalue weighted by Gasteiger charge is -1.98. The predicted octanol–water partition coefficient (Wildman–Crippen LogP) is 2.61. The van der Waals surface area contributed by atoms with Crippen molar-refractivity contribution in [1.82, 2.24) is 0 Å². The first kappa shape index (κ1) is 11.7. The van der Waals surface area contributed by atoms with Gasteiger partial charge in [0.15, 0.2) is 0 Å². The molecule has 5 heteroatoms. The van der Waals surface area contributed by atoms with Crippen molar-refractivity contribution in [2.45, 2.75) is 6.42 Å². The van der Waals surface area contributed by atoms with Crippen LogP contribution in [-0.4, -0.2) is 11.5 Å².